The number of anilines is 1. The molecule has 2 atom stereocenters. The topological polar surface area (TPSA) is 101 Å². The molecule has 0 saturated heterocycles. The molecule has 2 N–H and O–H groups in total. The molecule has 0 aromatic heterocycles. The Morgan fingerprint density at radius 2 is 2.14 bits per heavy atom. The van der Waals surface area contributed by atoms with Crippen molar-refractivity contribution in [2.45, 2.75) is 47.0 Å². The van der Waals surface area contributed by atoms with Crippen LogP contribution in [0.15, 0.2) is 28.0 Å². The summed E-state index contributed by atoms with van der Waals surface area (Å²) < 4.78 is 24.7. The molecule has 0 unspecified atom stereocenters. The number of thioether (sulfide) groups is 1. The first-order valence-electron chi connectivity index (χ1n) is 6.83. The number of sulfone groups is 1. The van der Waals surface area contributed by atoms with Gasteiger partial charge in [-0.25, -0.2) is 8.42 Å². The summed E-state index contributed by atoms with van der Waals surface area (Å²) in [6, 6.07) is 4.52. The van der Waals surface area contributed by atoms with Crippen molar-refractivity contribution < 1.29 is 23.1 Å². The molecule has 1 aromatic rings. The molecule has 0 radical (unpaired) electrons. The third-order valence-electron chi connectivity index (χ3n) is 3.46. The quantitative estimate of drug-likeness (QED) is 0.849. The second kappa shape index (κ2) is 6.29. The summed E-state index contributed by atoms with van der Waals surface area (Å²) in [6.45, 7) is 3.28. The summed E-state index contributed by atoms with van der Waals surface area (Å²) in [5.41, 5.74) is 0.461. The van der Waals surface area contributed by atoms with Crippen LogP contribution in [-0.4, -0.2) is 35.9 Å². The number of carbonyl (C=O) groups is 2. The second-order valence-corrected chi connectivity index (χ2v) is 8.73. The standard InChI is InChI=1S/C14H17NO5S2/c1-3-11-14(18)15-10-7-9(4-5-12(10)21-11)22(19,20)8(2)6-13(16)17/h4-5,7-8,11H,3,6H2,1-2H3,(H,15,18)(H,16,17)/t8-,11+/m0/s1. The first-order chi connectivity index (χ1) is 10.3. The van der Waals surface area contributed by atoms with Crippen molar-refractivity contribution in [1.29, 1.82) is 0 Å². The van der Waals surface area contributed by atoms with Gasteiger partial charge in [0.2, 0.25) is 5.91 Å². The van der Waals surface area contributed by atoms with Gasteiger partial charge < -0.3 is 10.4 Å². The lowest BCUT2D eigenvalue weighted by molar-refractivity contribution is -0.137. The Kier molecular flexibility index (Phi) is 4.81. The minimum atomic E-state index is -3.75. The van der Waals surface area contributed by atoms with E-state index in [0.29, 0.717) is 12.1 Å². The van der Waals surface area contributed by atoms with Gasteiger partial charge in [-0.05, 0) is 31.5 Å². The maximum atomic E-state index is 12.4. The average molecular weight is 343 g/mol. The summed E-state index contributed by atoms with van der Waals surface area (Å²) in [6.07, 6.45) is 0.226. The van der Waals surface area contributed by atoms with E-state index in [1.54, 1.807) is 6.07 Å². The number of carboxylic acid groups (broad SMARTS) is 1. The highest BCUT2D eigenvalue weighted by molar-refractivity contribution is 8.01. The molecule has 1 aromatic carbocycles. The van der Waals surface area contributed by atoms with Crippen molar-refractivity contribution in [3.63, 3.8) is 0 Å². The van der Waals surface area contributed by atoms with Gasteiger partial charge in [0.25, 0.3) is 0 Å². The fourth-order valence-electron chi connectivity index (χ4n) is 2.16. The number of amides is 1. The van der Waals surface area contributed by atoms with Gasteiger partial charge in [-0.3, -0.25) is 9.59 Å². The third kappa shape index (κ3) is 3.27. The van der Waals surface area contributed by atoms with Crippen LogP contribution in [0.3, 0.4) is 0 Å². The van der Waals surface area contributed by atoms with E-state index in [-0.39, 0.29) is 16.1 Å². The Labute approximate surface area is 133 Å². The van der Waals surface area contributed by atoms with Crippen LogP contribution in [0, 0.1) is 0 Å². The van der Waals surface area contributed by atoms with Crippen LogP contribution in [0.25, 0.3) is 0 Å². The fourth-order valence-corrected chi connectivity index (χ4v) is 4.55. The van der Waals surface area contributed by atoms with E-state index in [0.717, 1.165) is 4.90 Å². The number of hydrogen-bond acceptors (Lipinski definition) is 5. The average Bonchev–Trinajstić information content (AvgIpc) is 2.45. The third-order valence-corrected chi connectivity index (χ3v) is 7.04. The zero-order chi connectivity index (χ0) is 16.5. The van der Waals surface area contributed by atoms with Gasteiger partial charge in [-0.2, -0.15) is 0 Å². The minimum Gasteiger partial charge on any atom is -0.481 e. The summed E-state index contributed by atoms with van der Waals surface area (Å²) in [4.78, 5) is 23.4. The molecular formula is C14H17NO5S2. The summed E-state index contributed by atoms with van der Waals surface area (Å²) in [7, 11) is -3.75. The Bertz CT molecular complexity index is 714. The predicted octanol–water partition coefficient (Wildman–Crippen LogP) is 2.15. The number of hydrogen-bond donors (Lipinski definition) is 2. The van der Waals surface area contributed by atoms with Crippen LogP contribution in [0.1, 0.15) is 26.7 Å². The number of carboxylic acids is 1. The van der Waals surface area contributed by atoms with E-state index >= 15 is 0 Å². The molecule has 1 heterocycles. The first-order valence-corrected chi connectivity index (χ1v) is 9.25. The van der Waals surface area contributed by atoms with Crippen molar-refractivity contribution in [3.05, 3.63) is 18.2 Å². The van der Waals surface area contributed by atoms with Gasteiger partial charge >= 0.3 is 5.97 Å². The molecular weight excluding hydrogens is 326 g/mol. The molecule has 22 heavy (non-hydrogen) atoms. The molecule has 2 rings (SSSR count). The van der Waals surface area contributed by atoms with Gasteiger partial charge in [-0.1, -0.05) is 6.92 Å². The molecule has 0 bridgehead atoms. The Morgan fingerprint density at radius 3 is 2.73 bits per heavy atom. The van der Waals surface area contributed by atoms with E-state index in [9.17, 15) is 18.0 Å². The second-order valence-electron chi connectivity index (χ2n) is 5.12. The molecule has 0 fully saturated rings. The molecule has 6 nitrogen and oxygen atoms in total. The van der Waals surface area contributed by atoms with Crippen LogP contribution in [0.4, 0.5) is 5.69 Å². The summed E-state index contributed by atoms with van der Waals surface area (Å²) in [5.74, 6) is -1.31. The zero-order valence-electron chi connectivity index (χ0n) is 12.2. The number of aliphatic carboxylic acids is 1. The van der Waals surface area contributed by atoms with Crippen molar-refractivity contribution in [1.82, 2.24) is 0 Å². The highest BCUT2D eigenvalue weighted by Gasteiger charge is 2.29. The monoisotopic (exact) mass is 343 g/mol. The van der Waals surface area contributed by atoms with Crippen LogP contribution < -0.4 is 5.32 Å². The summed E-state index contributed by atoms with van der Waals surface area (Å²) >= 11 is 1.40. The van der Waals surface area contributed by atoms with Gasteiger partial charge in [0.05, 0.1) is 27.5 Å². The number of fused-ring (bicyclic) bond motifs is 1. The highest BCUT2D eigenvalue weighted by Crippen LogP contribution is 2.38. The van der Waals surface area contributed by atoms with Crippen molar-refractivity contribution in [2.24, 2.45) is 0 Å². The highest BCUT2D eigenvalue weighted by atomic mass is 32.2. The van der Waals surface area contributed by atoms with E-state index in [4.69, 9.17) is 5.11 Å². The lowest BCUT2D eigenvalue weighted by Crippen LogP contribution is -2.28. The van der Waals surface area contributed by atoms with Crippen LogP contribution in [-0.2, 0) is 19.4 Å². The van der Waals surface area contributed by atoms with E-state index < -0.39 is 27.5 Å². The number of nitrogens with one attached hydrogen (secondary N) is 1. The normalized spacial score (nSPS) is 19.2. The van der Waals surface area contributed by atoms with Gasteiger partial charge in [0.1, 0.15) is 0 Å². The molecule has 0 saturated carbocycles. The fraction of sp³-hybridized carbons (Fsp3) is 0.429. The first kappa shape index (κ1) is 16.8. The molecule has 1 aliphatic rings. The van der Waals surface area contributed by atoms with Crippen molar-refractivity contribution in [2.75, 3.05) is 5.32 Å². The van der Waals surface area contributed by atoms with E-state index in [1.807, 2.05) is 6.92 Å². The lowest BCUT2D eigenvalue weighted by atomic mass is 10.2. The van der Waals surface area contributed by atoms with Crippen LogP contribution >= 0.6 is 11.8 Å². The maximum Gasteiger partial charge on any atom is 0.304 e. The lowest BCUT2D eigenvalue weighted by Gasteiger charge is -2.24. The van der Waals surface area contributed by atoms with E-state index in [1.165, 1.54) is 30.8 Å². The minimum absolute atomic E-state index is 0.0239. The molecule has 0 aliphatic carbocycles. The SMILES string of the molecule is CC[C@H]1Sc2ccc(S(=O)(=O)[C@@H](C)CC(=O)O)cc2NC1=O. The van der Waals surface area contributed by atoms with Crippen molar-refractivity contribution >= 4 is 39.2 Å². The molecule has 8 heteroatoms. The van der Waals surface area contributed by atoms with Gasteiger partial charge in [0, 0.05) is 4.90 Å². The zero-order valence-corrected chi connectivity index (χ0v) is 13.8. The molecule has 0 spiro atoms. The van der Waals surface area contributed by atoms with Crippen LogP contribution in [0.2, 0.25) is 0 Å². The number of benzene rings is 1. The molecule has 120 valence electrons. The molecule has 1 amide bonds. The van der Waals surface area contributed by atoms with Crippen LogP contribution in [0.5, 0.6) is 0 Å². The van der Waals surface area contributed by atoms with E-state index in [2.05, 4.69) is 5.32 Å². The number of rotatable bonds is 5. The van der Waals surface area contributed by atoms with Gasteiger partial charge in [0.15, 0.2) is 9.84 Å². The maximum absolute atomic E-state index is 12.4. The molecule has 1 aliphatic heterocycles. The predicted molar refractivity (Wildman–Crippen MR) is 83.9 cm³/mol. The smallest absolute Gasteiger partial charge is 0.304 e. The van der Waals surface area contributed by atoms with Crippen molar-refractivity contribution in [3.8, 4) is 0 Å². The largest absolute Gasteiger partial charge is 0.481 e. The Hall–Kier alpha value is -1.54. The summed E-state index contributed by atoms with van der Waals surface area (Å²) in [5, 5.41) is 10.3. The Balaban J connectivity index is 2.34. The van der Waals surface area contributed by atoms with Gasteiger partial charge in [-0.15, -0.1) is 11.8 Å². The number of carbonyl (C=O) groups excluding carboxylic acids is 1. The Morgan fingerprint density at radius 1 is 1.45 bits per heavy atom.